The number of carbonyl (C=O) groups is 1. The van der Waals surface area contributed by atoms with Gasteiger partial charge in [0, 0.05) is 0 Å². The molecule has 1 unspecified atom stereocenters. The topological polar surface area (TPSA) is 56.8 Å². The zero-order valence-corrected chi connectivity index (χ0v) is 11.0. The van der Waals surface area contributed by atoms with Gasteiger partial charge in [-0.1, -0.05) is 30.3 Å². The number of carbonyl (C=O) groups excluding carboxylic acids is 1. The highest BCUT2D eigenvalue weighted by Crippen LogP contribution is 2.09. The van der Waals surface area contributed by atoms with Gasteiger partial charge in [-0.15, -0.1) is 0 Å². The summed E-state index contributed by atoms with van der Waals surface area (Å²) < 4.78 is 16.0. The molecule has 0 spiro atoms. The molecule has 2 rings (SSSR count). The maximum Gasteiger partial charge on any atom is 0.407 e. The number of amides is 1. The summed E-state index contributed by atoms with van der Waals surface area (Å²) in [5.74, 6) is 0. The molecule has 1 aliphatic rings. The van der Waals surface area contributed by atoms with E-state index in [0.717, 1.165) is 12.0 Å². The smallest absolute Gasteiger partial charge is 0.407 e. The number of alkyl carbamates (subject to hydrolysis) is 1. The number of hydrogen-bond donors (Lipinski definition) is 1. The standard InChI is InChI=1S/C14H19NO4/c1-11(13-17-8-5-9-18-13)15-14(16)19-10-12-6-3-2-4-7-12/h2-4,6-7,11,13H,5,8-10H2,1H3,(H,15,16). The quantitative estimate of drug-likeness (QED) is 0.905. The van der Waals surface area contributed by atoms with Crippen LogP contribution in [0, 0.1) is 0 Å². The summed E-state index contributed by atoms with van der Waals surface area (Å²) in [5.41, 5.74) is 0.954. The van der Waals surface area contributed by atoms with Crippen molar-refractivity contribution < 1.29 is 19.0 Å². The van der Waals surface area contributed by atoms with E-state index in [9.17, 15) is 4.79 Å². The van der Waals surface area contributed by atoms with Crippen molar-refractivity contribution in [2.75, 3.05) is 13.2 Å². The van der Waals surface area contributed by atoms with Gasteiger partial charge < -0.3 is 19.5 Å². The minimum absolute atomic E-state index is 0.233. The van der Waals surface area contributed by atoms with E-state index in [0.29, 0.717) is 13.2 Å². The molecule has 1 atom stereocenters. The Morgan fingerprint density at radius 2 is 2.05 bits per heavy atom. The van der Waals surface area contributed by atoms with Gasteiger partial charge in [0.1, 0.15) is 6.61 Å². The molecule has 1 saturated heterocycles. The van der Waals surface area contributed by atoms with Crippen molar-refractivity contribution in [3.05, 3.63) is 35.9 Å². The molecular weight excluding hydrogens is 246 g/mol. The SMILES string of the molecule is CC(NC(=O)OCc1ccccc1)C1OCCCO1. The fourth-order valence-electron chi connectivity index (χ4n) is 1.81. The van der Waals surface area contributed by atoms with Crippen LogP contribution in [0.15, 0.2) is 30.3 Å². The minimum Gasteiger partial charge on any atom is -0.445 e. The number of benzene rings is 1. The van der Waals surface area contributed by atoms with Crippen LogP contribution in [-0.2, 0) is 20.8 Å². The Morgan fingerprint density at radius 1 is 1.37 bits per heavy atom. The molecule has 0 saturated carbocycles. The lowest BCUT2D eigenvalue weighted by atomic mass is 10.2. The molecule has 0 bridgehead atoms. The Morgan fingerprint density at radius 3 is 2.74 bits per heavy atom. The first kappa shape index (κ1) is 13.8. The Labute approximate surface area is 112 Å². The first-order valence-corrected chi connectivity index (χ1v) is 6.46. The molecule has 5 nitrogen and oxygen atoms in total. The van der Waals surface area contributed by atoms with Gasteiger partial charge in [-0.3, -0.25) is 0 Å². The Hall–Kier alpha value is -1.59. The summed E-state index contributed by atoms with van der Waals surface area (Å²) in [6.07, 6.45) is 0.0361. The predicted molar refractivity (Wildman–Crippen MR) is 69.5 cm³/mol. The fraction of sp³-hybridized carbons (Fsp3) is 0.500. The van der Waals surface area contributed by atoms with Crippen molar-refractivity contribution in [3.63, 3.8) is 0 Å². The summed E-state index contributed by atoms with van der Waals surface area (Å²) in [5, 5.41) is 2.71. The van der Waals surface area contributed by atoms with Gasteiger partial charge in [0.05, 0.1) is 19.3 Å². The first-order chi connectivity index (χ1) is 9.25. The van der Waals surface area contributed by atoms with Crippen LogP contribution in [0.25, 0.3) is 0 Å². The van der Waals surface area contributed by atoms with E-state index < -0.39 is 12.4 Å². The molecular formula is C14H19NO4. The van der Waals surface area contributed by atoms with Crippen LogP contribution in [0.5, 0.6) is 0 Å². The second kappa shape index (κ2) is 7.11. The summed E-state index contributed by atoms with van der Waals surface area (Å²) in [4.78, 5) is 11.6. The molecule has 1 aromatic carbocycles. The second-order valence-electron chi connectivity index (χ2n) is 4.46. The molecule has 1 N–H and O–H groups in total. The normalized spacial score (nSPS) is 17.7. The highest BCUT2D eigenvalue weighted by molar-refractivity contribution is 5.67. The maximum absolute atomic E-state index is 11.6. The molecule has 1 amide bonds. The van der Waals surface area contributed by atoms with Gasteiger partial charge in [-0.05, 0) is 18.9 Å². The van der Waals surface area contributed by atoms with Crippen LogP contribution in [0.3, 0.4) is 0 Å². The van der Waals surface area contributed by atoms with E-state index in [1.54, 1.807) is 0 Å². The number of hydrogen-bond acceptors (Lipinski definition) is 4. The van der Waals surface area contributed by atoms with E-state index in [-0.39, 0.29) is 12.6 Å². The van der Waals surface area contributed by atoms with Gasteiger partial charge in [0.15, 0.2) is 6.29 Å². The lowest BCUT2D eigenvalue weighted by Gasteiger charge is -2.28. The van der Waals surface area contributed by atoms with E-state index in [1.165, 1.54) is 0 Å². The van der Waals surface area contributed by atoms with Gasteiger partial charge in [-0.25, -0.2) is 4.79 Å². The van der Waals surface area contributed by atoms with Gasteiger partial charge in [-0.2, -0.15) is 0 Å². The zero-order valence-electron chi connectivity index (χ0n) is 11.0. The van der Waals surface area contributed by atoms with Gasteiger partial charge in [0.25, 0.3) is 0 Å². The van der Waals surface area contributed by atoms with Crippen molar-refractivity contribution in [1.29, 1.82) is 0 Å². The molecule has 0 radical (unpaired) electrons. The Kier molecular flexibility index (Phi) is 5.18. The minimum atomic E-state index is -0.464. The average molecular weight is 265 g/mol. The van der Waals surface area contributed by atoms with Gasteiger partial charge >= 0.3 is 6.09 Å². The molecule has 0 aliphatic carbocycles. The van der Waals surface area contributed by atoms with Crippen LogP contribution in [0.4, 0.5) is 4.79 Å². The summed E-state index contributed by atoms with van der Waals surface area (Å²) in [7, 11) is 0. The zero-order chi connectivity index (χ0) is 13.5. The molecule has 19 heavy (non-hydrogen) atoms. The third-order valence-electron chi connectivity index (χ3n) is 2.82. The summed E-state index contributed by atoms with van der Waals surface area (Å²) in [6, 6.07) is 9.31. The highest BCUT2D eigenvalue weighted by Gasteiger charge is 2.23. The molecule has 1 aromatic rings. The van der Waals surface area contributed by atoms with Gasteiger partial charge in [0.2, 0.25) is 0 Å². The third kappa shape index (κ3) is 4.54. The van der Waals surface area contributed by atoms with Crippen molar-refractivity contribution in [3.8, 4) is 0 Å². The molecule has 1 heterocycles. The fourth-order valence-corrected chi connectivity index (χ4v) is 1.81. The van der Waals surface area contributed by atoms with Crippen molar-refractivity contribution in [2.24, 2.45) is 0 Å². The lowest BCUT2D eigenvalue weighted by molar-refractivity contribution is -0.189. The number of rotatable bonds is 4. The number of ether oxygens (including phenoxy) is 3. The average Bonchev–Trinajstić information content (AvgIpc) is 2.47. The summed E-state index contributed by atoms with van der Waals surface area (Å²) >= 11 is 0. The van der Waals surface area contributed by atoms with Crippen molar-refractivity contribution in [1.82, 2.24) is 5.32 Å². The molecule has 5 heteroatoms. The van der Waals surface area contributed by atoms with Crippen LogP contribution < -0.4 is 5.32 Å². The number of nitrogens with one attached hydrogen (secondary N) is 1. The molecule has 1 aliphatic heterocycles. The highest BCUT2D eigenvalue weighted by atomic mass is 16.7. The maximum atomic E-state index is 11.6. The third-order valence-corrected chi connectivity index (χ3v) is 2.82. The summed E-state index contributed by atoms with van der Waals surface area (Å²) in [6.45, 7) is 3.41. The molecule has 104 valence electrons. The van der Waals surface area contributed by atoms with Crippen LogP contribution in [-0.4, -0.2) is 31.6 Å². The van der Waals surface area contributed by atoms with E-state index in [1.807, 2.05) is 37.3 Å². The van der Waals surface area contributed by atoms with Crippen LogP contribution in [0.1, 0.15) is 18.9 Å². The largest absolute Gasteiger partial charge is 0.445 e. The molecule has 0 aromatic heterocycles. The first-order valence-electron chi connectivity index (χ1n) is 6.46. The molecule has 1 fully saturated rings. The predicted octanol–water partition coefficient (Wildman–Crippen LogP) is 2.06. The Bertz CT molecular complexity index is 390. The van der Waals surface area contributed by atoms with Crippen molar-refractivity contribution >= 4 is 6.09 Å². The lowest BCUT2D eigenvalue weighted by Crippen LogP contribution is -2.45. The van der Waals surface area contributed by atoms with E-state index in [2.05, 4.69) is 5.32 Å². The van der Waals surface area contributed by atoms with E-state index >= 15 is 0 Å². The second-order valence-corrected chi connectivity index (χ2v) is 4.46. The Balaban J connectivity index is 1.71. The van der Waals surface area contributed by atoms with E-state index in [4.69, 9.17) is 14.2 Å². The van der Waals surface area contributed by atoms with Crippen LogP contribution in [0.2, 0.25) is 0 Å². The monoisotopic (exact) mass is 265 g/mol. The van der Waals surface area contributed by atoms with Crippen LogP contribution >= 0.6 is 0 Å². The van der Waals surface area contributed by atoms with Crippen molar-refractivity contribution in [2.45, 2.75) is 32.3 Å².